The fraction of sp³-hybridized carbons (Fsp3) is 0.667. The topological polar surface area (TPSA) is 32.7 Å². The van der Waals surface area contributed by atoms with E-state index in [9.17, 15) is 5.11 Å². The zero-order valence-corrected chi connectivity index (χ0v) is 13.2. The Labute approximate surface area is 127 Å². The van der Waals surface area contributed by atoms with Crippen LogP contribution in [-0.4, -0.2) is 34.8 Å². The number of hydrogen-bond donors (Lipinski definition) is 1. The molecule has 21 heavy (non-hydrogen) atoms. The van der Waals surface area contributed by atoms with E-state index in [4.69, 9.17) is 4.74 Å². The first kappa shape index (κ1) is 15.0. The minimum Gasteiger partial charge on any atom is -0.394 e. The maximum atomic E-state index is 9.52. The Bertz CT molecular complexity index is 454. The zero-order chi connectivity index (χ0) is 14.9. The summed E-state index contributed by atoms with van der Waals surface area (Å²) in [6, 6.07) is 10.4. The number of rotatable bonds is 3. The van der Waals surface area contributed by atoms with Crippen molar-refractivity contribution >= 4 is 0 Å². The molecule has 0 bridgehead atoms. The molecule has 0 amide bonds. The Balaban J connectivity index is 1.84. The average Bonchev–Trinajstić information content (AvgIpc) is 2.96. The van der Waals surface area contributed by atoms with Crippen molar-refractivity contribution in [2.75, 3.05) is 13.2 Å². The van der Waals surface area contributed by atoms with Gasteiger partial charge >= 0.3 is 0 Å². The maximum absolute atomic E-state index is 9.52. The van der Waals surface area contributed by atoms with Crippen molar-refractivity contribution < 1.29 is 9.84 Å². The molecule has 1 heterocycles. The quantitative estimate of drug-likeness (QED) is 0.926. The Kier molecular flexibility index (Phi) is 4.34. The second kappa shape index (κ2) is 6.07. The molecular weight excluding hydrogens is 262 g/mol. The third-order valence-corrected chi connectivity index (χ3v) is 5.34. The fourth-order valence-corrected chi connectivity index (χ4v) is 3.77. The molecule has 2 atom stereocenters. The van der Waals surface area contributed by atoms with E-state index >= 15 is 0 Å². The van der Waals surface area contributed by atoms with Gasteiger partial charge < -0.3 is 9.84 Å². The van der Waals surface area contributed by atoms with Crippen LogP contribution < -0.4 is 0 Å². The third kappa shape index (κ3) is 3.01. The standard InChI is InChI=1S/C18H27NO2/c1-14-8-10-18(2,11-9-14)19-12-16(13-20)21-17(19)15-6-4-3-5-7-15/h3-7,14,16-17,20H,8-13H2,1-2H3/t14?,16-,17-,18?/m0/s1. The molecule has 1 saturated carbocycles. The SMILES string of the molecule is CC1CCC(C)(N2C[C@@H](CO)O[C@H]2c2ccccc2)CC1. The van der Waals surface area contributed by atoms with Gasteiger partial charge in [-0.1, -0.05) is 37.3 Å². The molecule has 3 nitrogen and oxygen atoms in total. The molecule has 0 radical (unpaired) electrons. The number of ether oxygens (including phenoxy) is 1. The van der Waals surface area contributed by atoms with E-state index < -0.39 is 0 Å². The molecule has 0 unspecified atom stereocenters. The molecule has 1 aliphatic carbocycles. The molecular formula is C18H27NO2. The van der Waals surface area contributed by atoms with E-state index in [1.54, 1.807) is 0 Å². The molecule has 1 aromatic carbocycles. The molecule has 1 saturated heterocycles. The van der Waals surface area contributed by atoms with Gasteiger partial charge in [-0.05, 0) is 44.1 Å². The normalized spacial score (nSPS) is 37.8. The lowest BCUT2D eigenvalue weighted by Gasteiger charge is -2.45. The van der Waals surface area contributed by atoms with E-state index in [1.807, 2.05) is 6.07 Å². The van der Waals surface area contributed by atoms with Gasteiger partial charge in [0.15, 0.2) is 0 Å². The first-order valence-corrected chi connectivity index (χ1v) is 8.20. The zero-order valence-electron chi connectivity index (χ0n) is 13.2. The van der Waals surface area contributed by atoms with Crippen molar-refractivity contribution in [2.24, 2.45) is 5.92 Å². The fourth-order valence-electron chi connectivity index (χ4n) is 3.77. The largest absolute Gasteiger partial charge is 0.394 e. The van der Waals surface area contributed by atoms with E-state index in [-0.39, 0.29) is 24.5 Å². The van der Waals surface area contributed by atoms with Crippen LogP contribution in [0.15, 0.2) is 30.3 Å². The lowest BCUT2D eigenvalue weighted by molar-refractivity contribution is -0.0610. The summed E-state index contributed by atoms with van der Waals surface area (Å²) >= 11 is 0. The lowest BCUT2D eigenvalue weighted by Crippen LogP contribution is -2.48. The van der Waals surface area contributed by atoms with E-state index in [0.29, 0.717) is 0 Å². The third-order valence-electron chi connectivity index (χ3n) is 5.34. The molecule has 1 N–H and O–H groups in total. The Hall–Kier alpha value is -0.900. The Morgan fingerprint density at radius 1 is 1.24 bits per heavy atom. The number of benzene rings is 1. The minimum atomic E-state index is -0.0635. The van der Waals surface area contributed by atoms with Crippen LogP contribution in [0.3, 0.4) is 0 Å². The number of hydrogen-bond acceptors (Lipinski definition) is 3. The monoisotopic (exact) mass is 289 g/mol. The van der Waals surface area contributed by atoms with Crippen molar-refractivity contribution in [2.45, 2.75) is 57.4 Å². The molecule has 3 rings (SSSR count). The molecule has 2 aliphatic rings. The van der Waals surface area contributed by atoms with Crippen LogP contribution in [0.25, 0.3) is 0 Å². The summed E-state index contributed by atoms with van der Waals surface area (Å²) in [6.07, 6.45) is 4.95. The molecule has 116 valence electrons. The van der Waals surface area contributed by atoms with Gasteiger partial charge in [0.1, 0.15) is 6.23 Å². The highest BCUT2D eigenvalue weighted by atomic mass is 16.5. The molecule has 1 aromatic rings. The summed E-state index contributed by atoms with van der Waals surface area (Å²) in [5.41, 5.74) is 1.39. The van der Waals surface area contributed by atoms with Crippen LogP contribution in [-0.2, 0) is 4.74 Å². The van der Waals surface area contributed by atoms with Gasteiger partial charge in [0.05, 0.1) is 12.7 Å². The second-order valence-corrected chi connectivity index (χ2v) is 7.04. The van der Waals surface area contributed by atoms with Crippen LogP contribution in [0.4, 0.5) is 0 Å². The predicted octanol–water partition coefficient (Wildman–Crippen LogP) is 3.35. The van der Waals surface area contributed by atoms with Gasteiger partial charge in [-0.2, -0.15) is 0 Å². The highest BCUT2D eigenvalue weighted by Gasteiger charge is 2.45. The summed E-state index contributed by atoms with van der Waals surface area (Å²) < 4.78 is 6.13. The molecule has 0 spiro atoms. The lowest BCUT2D eigenvalue weighted by atomic mass is 9.77. The number of aliphatic hydroxyl groups is 1. The maximum Gasteiger partial charge on any atom is 0.137 e. The van der Waals surface area contributed by atoms with Gasteiger partial charge in [-0.25, -0.2) is 0 Å². The van der Waals surface area contributed by atoms with Crippen molar-refractivity contribution in [3.05, 3.63) is 35.9 Å². The minimum absolute atomic E-state index is 0.0123. The molecule has 0 aromatic heterocycles. The van der Waals surface area contributed by atoms with Crippen LogP contribution in [0.5, 0.6) is 0 Å². The molecule has 3 heteroatoms. The average molecular weight is 289 g/mol. The van der Waals surface area contributed by atoms with Crippen LogP contribution >= 0.6 is 0 Å². The van der Waals surface area contributed by atoms with E-state index in [0.717, 1.165) is 12.5 Å². The summed E-state index contributed by atoms with van der Waals surface area (Å²) in [5.74, 6) is 0.838. The van der Waals surface area contributed by atoms with Crippen molar-refractivity contribution in [1.82, 2.24) is 4.90 Å². The first-order chi connectivity index (χ1) is 10.1. The Morgan fingerprint density at radius 3 is 2.52 bits per heavy atom. The number of nitrogens with zero attached hydrogens (tertiary/aromatic N) is 1. The highest BCUT2D eigenvalue weighted by Crippen LogP contribution is 2.43. The number of aliphatic hydroxyl groups excluding tert-OH is 1. The summed E-state index contributed by atoms with van der Waals surface area (Å²) in [5, 5.41) is 9.52. The van der Waals surface area contributed by atoms with Crippen LogP contribution in [0.1, 0.15) is 51.3 Å². The smallest absolute Gasteiger partial charge is 0.137 e. The van der Waals surface area contributed by atoms with Crippen molar-refractivity contribution in [1.29, 1.82) is 0 Å². The van der Waals surface area contributed by atoms with Gasteiger partial charge in [-0.3, -0.25) is 4.90 Å². The van der Waals surface area contributed by atoms with Gasteiger partial charge in [0.25, 0.3) is 0 Å². The first-order valence-electron chi connectivity index (χ1n) is 8.20. The van der Waals surface area contributed by atoms with Gasteiger partial charge in [0.2, 0.25) is 0 Å². The summed E-state index contributed by atoms with van der Waals surface area (Å²) in [6.45, 7) is 5.66. The van der Waals surface area contributed by atoms with Crippen LogP contribution in [0.2, 0.25) is 0 Å². The van der Waals surface area contributed by atoms with Gasteiger partial charge in [0, 0.05) is 12.1 Å². The van der Waals surface area contributed by atoms with Gasteiger partial charge in [-0.15, -0.1) is 0 Å². The Morgan fingerprint density at radius 2 is 1.90 bits per heavy atom. The van der Waals surface area contributed by atoms with E-state index in [1.165, 1.54) is 31.2 Å². The second-order valence-electron chi connectivity index (χ2n) is 7.04. The summed E-state index contributed by atoms with van der Waals surface area (Å²) in [4.78, 5) is 2.50. The van der Waals surface area contributed by atoms with Crippen LogP contribution in [0, 0.1) is 5.92 Å². The van der Waals surface area contributed by atoms with E-state index in [2.05, 4.69) is 43.0 Å². The predicted molar refractivity (Wildman–Crippen MR) is 83.9 cm³/mol. The summed E-state index contributed by atoms with van der Waals surface area (Å²) in [7, 11) is 0. The van der Waals surface area contributed by atoms with Crippen molar-refractivity contribution in [3.63, 3.8) is 0 Å². The molecule has 2 fully saturated rings. The highest BCUT2D eigenvalue weighted by molar-refractivity contribution is 5.19. The van der Waals surface area contributed by atoms with Crippen molar-refractivity contribution in [3.8, 4) is 0 Å². The molecule has 1 aliphatic heterocycles.